The Balaban J connectivity index is 2.49. The molecule has 0 radical (unpaired) electrons. The second-order valence-corrected chi connectivity index (χ2v) is 8.28. The van der Waals surface area contributed by atoms with Gasteiger partial charge in [0.25, 0.3) is 10.0 Å². The summed E-state index contributed by atoms with van der Waals surface area (Å²) >= 11 is 1.90. The summed E-state index contributed by atoms with van der Waals surface area (Å²) in [6.45, 7) is 0. The second-order valence-electron chi connectivity index (χ2n) is 4.12. The Hall–Kier alpha value is -1.27. The third-order valence-corrected chi connectivity index (χ3v) is 5.74. The van der Waals surface area contributed by atoms with Gasteiger partial charge < -0.3 is 0 Å². The second kappa shape index (κ2) is 6.08. The zero-order valence-corrected chi connectivity index (χ0v) is 14.4. The summed E-state index contributed by atoms with van der Waals surface area (Å²) in [7, 11) is -9.55. The van der Waals surface area contributed by atoms with Crippen LogP contribution in [-0.2, 0) is 20.2 Å². The van der Waals surface area contributed by atoms with E-state index in [2.05, 4.69) is 4.72 Å². The molecule has 2 rings (SSSR count). The van der Waals surface area contributed by atoms with Crippen molar-refractivity contribution in [2.45, 2.75) is 9.79 Å². The van der Waals surface area contributed by atoms with Crippen molar-refractivity contribution in [3.63, 3.8) is 0 Å². The molecule has 0 aromatic heterocycles. The molecule has 0 fully saturated rings. The molecule has 0 unspecified atom stereocenters. The lowest BCUT2D eigenvalue weighted by molar-refractivity contribution is 0.532. The van der Waals surface area contributed by atoms with Crippen LogP contribution in [0.25, 0.3) is 0 Å². The average Bonchev–Trinajstić information content (AvgIpc) is 2.40. The standard InChI is InChI=1S/C12H8F2INO4S2/c13-9-6-5-8(7-12(9)21(14,17)18)22(19,20)16-11-4-2-1-3-10(11)15/h1-7,16H. The first kappa shape index (κ1) is 17.1. The van der Waals surface area contributed by atoms with Crippen molar-refractivity contribution in [1.29, 1.82) is 0 Å². The van der Waals surface area contributed by atoms with Crippen molar-refractivity contribution >= 4 is 48.5 Å². The number of hydrogen-bond donors (Lipinski definition) is 1. The summed E-state index contributed by atoms with van der Waals surface area (Å²) in [6, 6.07) is 8.31. The van der Waals surface area contributed by atoms with Gasteiger partial charge in [-0.1, -0.05) is 12.1 Å². The maximum atomic E-state index is 13.3. The molecule has 10 heteroatoms. The number of para-hydroxylation sites is 1. The Morgan fingerprint density at radius 2 is 1.64 bits per heavy atom. The highest BCUT2D eigenvalue weighted by atomic mass is 127. The number of nitrogens with one attached hydrogen (secondary N) is 1. The largest absolute Gasteiger partial charge is 0.335 e. The third kappa shape index (κ3) is 3.73. The molecule has 0 bridgehead atoms. The highest BCUT2D eigenvalue weighted by molar-refractivity contribution is 14.1. The van der Waals surface area contributed by atoms with E-state index in [1.807, 2.05) is 22.6 Å². The molecule has 1 N–H and O–H groups in total. The van der Waals surface area contributed by atoms with E-state index in [1.165, 1.54) is 6.07 Å². The molecular formula is C12H8F2INO4S2. The number of sulfonamides is 1. The molecule has 0 saturated heterocycles. The van der Waals surface area contributed by atoms with Crippen LogP contribution in [0.2, 0.25) is 0 Å². The molecule has 0 saturated carbocycles. The van der Waals surface area contributed by atoms with Gasteiger partial charge in [0, 0.05) is 3.57 Å². The van der Waals surface area contributed by atoms with E-state index in [-0.39, 0.29) is 5.69 Å². The normalized spacial score (nSPS) is 12.1. The van der Waals surface area contributed by atoms with E-state index >= 15 is 0 Å². The molecule has 0 aliphatic heterocycles. The molecule has 2 aromatic carbocycles. The molecule has 0 aliphatic rings. The molecular weight excluding hydrogens is 451 g/mol. The van der Waals surface area contributed by atoms with Gasteiger partial charge in [-0.15, -0.1) is 3.89 Å². The number of hydrogen-bond acceptors (Lipinski definition) is 4. The Morgan fingerprint density at radius 3 is 2.23 bits per heavy atom. The van der Waals surface area contributed by atoms with Gasteiger partial charge in [-0.2, -0.15) is 8.42 Å². The van der Waals surface area contributed by atoms with Crippen LogP contribution in [-0.4, -0.2) is 16.8 Å². The summed E-state index contributed by atoms with van der Waals surface area (Å²) in [5, 5.41) is 0. The predicted octanol–water partition coefficient (Wildman–Crippen LogP) is 2.89. The number of benzene rings is 2. The highest BCUT2D eigenvalue weighted by Gasteiger charge is 2.23. The van der Waals surface area contributed by atoms with Crippen molar-refractivity contribution in [3.05, 3.63) is 51.9 Å². The average molecular weight is 459 g/mol. The van der Waals surface area contributed by atoms with Crippen LogP contribution < -0.4 is 4.72 Å². The van der Waals surface area contributed by atoms with Crippen molar-refractivity contribution in [2.24, 2.45) is 0 Å². The minimum atomic E-state index is -5.37. The summed E-state index contributed by atoms with van der Waals surface area (Å²) < 4.78 is 75.1. The van der Waals surface area contributed by atoms with E-state index in [0.717, 1.165) is 6.07 Å². The van der Waals surface area contributed by atoms with E-state index in [9.17, 15) is 25.1 Å². The van der Waals surface area contributed by atoms with Crippen LogP contribution in [0.1, 0.15) is 0 Å². The summed E-state index contributed by atoms with van der Waals surface area (Å²) in [5.74, 6) is -1.37. The van der Waals surface area contributed by atoms with Crippen LogP contribution in [0.15, 0.2) is 52.3 Å². The van der Waals surface area contributed by atoms with Crippen LogP contribution in [0, 0.1) is 9.39 Å². The zero-order chi connectivity index (χ0) is 16.5. The topological polar surface area (TPSA) is 80.3 Å². The molecule has 0 spiro atoms. The Morgan fingerprint density at radius 1 is 1.00 bits per heavy atom. The first-order valence-corrected chi connectivity index (χ1v) is 9.57. The Kier molecular flexibility index (Phi) is 4.73. The van der Waals surface area contributed by atoms with Crippen LogP contribution >= 0.6 is 22.6 Å². The number of anilines is 1. The smallest absolute Gasteiger partial charge is 0.279 e. The van der Waals surface area contributed by atoms with Crippen molar-refractivity contribution < 1.29 is 25.1 Å². The number of rotatable bonds is 4. The van der Waals surface area contributed by atoms with E-state index in [1.54, 1.807) is 18.2 Å². The Labute approximate surface area is 139 Å². The SMILES string of the molecule is O=S(=O)(F)c1cc(S(=O)(=O)Nc2ccccc2I)ccc1F. The van der Waals surface area contributed by atoms with E-state index < -0.39 is 35.9 Å². The van der Waals surface area contributed by atoms with Gasteiger partial charge in [0.2, 0.25) is 0 Å². The molecule has 2 aromatic rings. The van der Waals surface area contributed by atoms with Crippen molar-refractivity contribution in [2.75, 3.05) is 4.72 Å². The molecule has 22 heavy (non-hydrogen) atoms. The lowest BCUT2D eigenvalue weighted by atomic mass is 10.3. The highest BCUT2D eigenvalue weighted by Crippen LogP contribution is 2.24. The third-order valence-electron chi connectivity index (χ3n) is 2.59. The van der Waals surface area contributed by atoms with Crippen molar-refractivity contribution in [1.82, 2.24) is 0 Å². The van der Waals surface area contributed by atoms with Gasteiger partial charge in [-0.25, -0.2) is 12.8 Å². The fraction of sp³-hybridized carbons (Fsp3) is 0. The van der Waals surface area contributed by atoms with E-state index in [4.69, 9.17) is 0 Å². The van der Waals surface area contributed by atoms with Crippen molar-refractivity contribution in [3.8, 4) is 0 Å². The molecule has 5 nitrogen and oxygen atoms in total. The van der Waals surface area contributed by atoms with E-state index in [0.29, 0.717) is 15.7 Å². The van der Waals surface area contributed by atoms with Gasteiger partial charge in [0.1, 0.15) is 10.7 Å². The van der Waals surface area contributed by atoms with Gasteiger partial charge >= 0.3 is 10.2 Å². The minimum absolute atomic E-state index is 0.261. The van der Waals surface area contributed by atoms with Crippen LogP contribution in [0.5, 0.6) is 0 Å². The Bertz CT molecular complexity index is 930. The monoisotopic (exact) mass is 459 g/mol. The summed E-state index contributed by atoms with van der Waals surface area (Å²) in [6.07, 6.45) is 0. The summed E-state index contributed by atoms with van der Waals surface area (Å²) in [5.41, 5.74) is 0.261. The van der Waals surface area contributed by atoms with Crippen LogP contribution in [0.3, 0.4) is 0 Å². The summed E-state index contributed by atoms with van der Waals surface area (Å²) in [4.78, 5) is -1.89. The van der Waals surface area contributed by atoms with Gasteiger partial charge in [0.05, 0.1) is 10.6 Å². The molecule has 118 valence electrons. The lowest BCUT2D eigenvalue weighted by Gasteiger charge is -2.10. The quantitative estimate of drug-likeness (QED) is 0.564. The van der Waals surface area contributed by atoms with Gasteiger partial charge in [0.15, 0.2) is 0 Å². The predicted molar refractivity (Wildman–Crippen MR) is 84.7 cm³/mol. The molecule has 0 heterocycles. The van der Waals surface area contributed by atoms with Gasteiger partial charge in [-0.3, -0.25) is 4.72 Å². The van der Waals surface area contributed by atoms with Gasteiger partial charge in [-0.05, 0) is 52.9 Å². The molecule has 0 amide bonds. The first-order valence-electron chi connectivity index (χ1n) is 5.63. The number of halogens is 3. The molecule has 0 atom stereocenters. The lowest BCUT2D eigenvalue weighted by Crippen LogP contribution is -2.14. The zero-order valence-electron chi connectivity index (χ0n) is 10.6. The first-order chi connectivity index (χ1) is 10.1. The maximum absolute atomic E-state index is 13.3. The van der Waals surface area contributed by atoms with Crippen LogP contribution in [0.4, 0.5) is 14.0 Å². The fourth-order valence-electron chi connectivity index (χ4n) is 1.59. The molecule has 0 aliphatic carbocycles. The fourth-order valence-corrected chi connectivity index (χ4v) is 4.04. The maximum Gasteiger partial charge on any atom is 0.335 e. The minimum Gasteiger partial charge on any atom is -0.279 e.